The van der Waals surface area contributed by atoms with Crippen LogP contribution in [0, 0.1) is 0 Å². The number of carbonyl (C=O) groups is 1. The Morgan fingerprint density at radius 3 is 2.70 bits per heavy atom. The lowest BCUT2D eigenvalue weighted by molar-refractivity contribution is -0.146. The Bertz CT molecular complexity index is 500. The number of likely N-dealkylation sites (N-methyl/N-ethyl adjacent to an activating group) is 1. The van der Waals surface area contributed by atoms with Crippen LogP contribution in [0.1, 0.15) is 18.9 Å². The fourth-order valence-corrected chi connectivity index (χ4v) is 3.01. The molecule has 1 amide bonds. The summed E-state index contributed by atoms with van der Waals surface area (Å²) in [5.41, 5.74) is 1.18. The average molecular weight is 324 g/mol. The number of likely N-dealkylation sites (tertiary alicyclic amines) is 1. The molecule has 1 heterocycles. The van der Waals surface area contributed by atoms with Crippen molar-refractivity contribution >= 4 is 5.91 Å². The molecule has 0 radical (unpaired) electrons. The number of alkyl halides is 1. The molecule has 0 aliphatic carbocycles. The Kier molecular flexibility index (Phi) is 6.50. The van der Waals surface area contributed by atoms with Gasteiger partial charge in [0.1, 0.15) is 12.1 Å². The van der Waals surface area contributed by atoms with E-state index in [1.807, 2.05) is 30.3 Å². The molecule has 5 nitrogen and oxygen atoms in total. The van der Waals surface area contributed by atoms with Crippen molar-refractivity contribution in [2.24, 2.45) is 0 Å². The number of benzene rings is 1. The predicted octanol–water partition coefficient (Wildman–Crippen LogP) is 0.499. The van der Waals surface area contributed by atoms with Gasteiger partial charge >= 0.3 is 0 Å². The third-order valence-corrected chi connectivity index (χ3v) is 4.21. The van der Waals surface area contributed by atoms with Crippen LogP contribution in [0.15, 0.2) is 30.3 Å². The van der Waals surface area contributed by atoms with Crippen LogP contribution in [0.3, 0.4) is 0 Å². The molecule has 4 atom stereocenters. The van der Waals surface area contributed by atoms with Crippen molar-refractivity contribution in [2.45, 2.75) is 44.2 Å². The molecule has 3 N–H and O–H groups in total. The van der Waals surface area contributed by atoms with Gasteiger partial charge in [0.25, 0.3) is 0 Å². The van der Waals surface area contributed by atoms with Crippen LogP contribution < -0.4 is 5.32 Å². The molecule has 6 heteroatoms. The zero-order valence-corrected chi connectivity index (χ0v) is 13.4. The molecular weight excluding hydrogens is 299 g/mol. The van der Waals surface area contributed by atoms with E-state index >= 15 is 0 Å². The number of aryl methyl sites for hydroxylation is 1. The van der Waals surface area contributed by atoms with E-state index in [4.69, 9.17) is 0 Å². The fourth-order valence-electron chi connectivity index (χ4n) is 3.01. The number of amides is 1. The monoisotopic (exact) mass is 324 g/mol. The van der Waals surface area contributed by atoms with Crippen LogP contribution in [-0.2, 0) is 11.2 Å². The normalized spacial score (nSPS) is 28.5. The van der Waals surface area contributed by atoms with Crippen LogP contribution in [-0.4, -0.2) is 65.1 Å². The number of aliphatic hydroxyl groups is 2. The van der Waals surface area contributed by atoms with Gasteiger partial charge in [-0.2, -0.15) is 0 Å². The Morgan fingerprint density at radius 1 is 1.35 bits per heavy atom. The van der Waals surface area contributed by atoms with Crippen molar-refractivity contribution in [3.63, 3.8) is 0 Å². The first-order valence-electron chi connectivity index (χ1n) is 8.10. The van der Waals surface area contributed by atoms with E-state index < -0.39 is 30.3 Å². The average Bonchev–Trinajstić information content (AvgIpc) is 2.54. The van der Waals surface area contributed by atoms with Gasteiger partial charge in [-0.15, -0.1) is 0 Å². The molecule has 0 bridgehead atoms. The molecule has 1 aromatic carbocycles. The lowest BCUT2D eigenvalue weighted by atomic mass is 9.93. The summed E-state index contributed by atoms with van der Waals surface area (Å²) in [5.74, 6) is -0.439. The van der Waals surface area contributed by atoms with E-state index in [-0.39, 0.29) is 6.54 Å². The molecule has 1 aliphatic rings. The van der Waals surface area contributed by atoms with Crippen LogP contribution >= 0.6 is 0 Å². The minimum atomic E-state index is -1.79. The fraction of sp³-hybridized carbons (Fsp3) is 0.588. The van der Waals surface area contributed by atoms with E-state index in [1.54, 1.807) is 11.8 Å². The molecule has 0 spiro atoms. The summed E-state index contributed by atoms with van der Waals surface area (Å²) in [5, 5.41) is 22.1. The molecule has 2 rings (SSSR count). The number of aliphatic hydroxyl groups excluding tert-OH is 2. The number of β-amino-alcohol motifs (C(OH)–C–C–N with tert-alkyl or cyclic N) is 1. The molecule has 1 aliphatic heterocycles. The lowest BCUT2D eigenvalue weighted by Gasteiger charge is -2.41. The van der Waals surface area contributed by atoms with Gasteiger partial charge in [0.05, 0.1) is 6.10 Å². The number of piperidine rings is 1. The second kappa shape index (κ2) is 8.38. The van der Waals surface area contributed by atoms with Gasteiger partial charge in [-0.3, -0.25) is 9.69 Å². The summed E-state index contributed by atoms with van der Waals surface area (Å²) in [7, 11) is 0. The molecule has 0 saturated carbocycles. The summed E-state index contributed by atoms with van der Waals surface area (Å²) >= 11 is 0. The smallest absolute Gasteiger partial charge is 0.240 e. The first-order chi connectivity index (χ1) is 11.0. The highest BCUT2D eigenvalue weighted by atomic mass is 19.1. The topological polar surface area (TPSA) is 72.8 Å². The van der Waals surface area contributed by atoms with Crippen molar-refractivity contribution in [2.75, 3.05) is 19.6 Å². The van der Waals surface area contributed by atoms with E-state index in [0.717, 1.165) is 12.8 Å². The first kappa shape index (κ1) is 17.8. The number of hydrogen-bond donors (Lipinski definition) is 3. The summed E-state index contributed by atoms with van der Waals surface area (Å²) in [6.45, 7) is 2.75. The van der Waals surface area contributed by atoms with E-state index in [9.17, 15) is 19.4 Å². The van der Waals surface area contributed by atoms with E-state index in [2.05, 4.69) is 5.32 Å². The summed E-state index contributed by atoms with van der Waals surface area (Å²) in [6, 6.07) is 8.87. The number of rotatable bonds is 6. The summed E-state index contributed by atoms with van der Waals surface area (Å²) in [4.78, 5) is 13.8. The van der Waals surface area contributed by atoms with Crippen LogP contribution in [0.2, 0.25) is 0 Å². The number of hydrogen-bond acceptors (Lipinski definition) is 4. The first-order valence-corrected chi connectivity index (χ1v) is 8.10. The Hall–Kier alpha value is -1.50. The molecular formula is C17H25FN2O3. The minimum absolute atomic E-state index is 0.0954. The highest BCUT2D eigenvalue weighted by Gasteiger charge is 2.45. The number of carbonyl (C=O) groups excluding carboxylic acids is 1. The maximum atomic E-state index is 14.4. The van der Waals surface area contributed by atoms with Gasteiger partial charge in [0.2, 0.25) is 5.91 Å². The van der Waals surface area contributed by atoms with Crippen LogP contribution in [0.25, 0.3) is 0 Å². The van der Waals surface area contributed by atoms with Crippen molar-refractivity contribution in [3.05, 3.63) is 35.9 Å². The van der Waals surface area contributed by atoms with Gasteiger partial charge < -0.3 is 15.5 Å². The van der Waals surface area contributed by atoms with Crippen molar-refractivity contribution < 1.29 is 19.4 Å². The second-order valence-electron chi connectivity index (χ2n) is 5.93. The second-order valence-corrected chi connectivity index (χ2v) is 5.93. The predicted molar refractivity (Wildman–Crippen MR) is 85.7 cm³/mol. The highest BCUT2D eigenvalue weighted by Crippen LogP contribution is 2.22. The van der Waals surface area contributed by atoms with Crippen molar-refractivity contribution in [1.29, 1.82) is 0 Å². The quantitative estimate of drug-likeness (QED) is 0.712. The highest BCUT2D eigenvalue weighted by molar-refractivity contribution is 5.82. The standard InChI is InChI=1S/C17H25FN2O3/c1-2-19-17(23)15-14(18)16(22)13(21)11-20(15)10-6-9-12-7-4-3-5-8-12/h3-5,7-8,13-16,21-22H,2,6,9-11H2,1H3,(H,19,23)/t13-,14-,15+,16+/m1/s1. The van der Waals surface area contributed by atoms with Gasteiger partial charge in [0, 0.05) is 13.1 Å². The number of halogens is 1. The molecule has 1 aromatic rings. The van der Waals surface area contributed by atoms with Crippen molar-refractivity contribution in [1.82, 2.24) is 10.2 Å². The van der Waals surface area contributed by atoms with Gasteiger partial charge in [-0.25, -0.2) is 4.39 Å². The zero-order valence-electron chi connectivity index (χ0n) is 13.4. The molecule has 1 fully saturated rings. The van der Waals surface area contributed by atoms with E-state index in [1.165, 1.54) is 5.56 Å². The minimum Gasteiger partial charge on any atom is -0.389 e. The Morgan fingerprint density at radius 2 is 2.04 bits per heavy atom. The lowest BCUT2D eigenvalue weighted by Crippen LogP contribution is -2.64. The largest absolute Gasteiger partial charge is 0.389 e. The van der Waals surface area contributed by atoms with Crippen LogP contribution in [0.4, 0.5) is 4.39 Å². The summed E-state index contributed by atoms with van der Waals surface area (Å²) < 4.78 is 14.4. The summed E-state index contributed by atoms with van der Waals surface area (Å²) in [6.07, 6.45) is -2.92. The molecule has 0 aromatic heterocycles. The van der Waals surface area contributed by atoms with Gasteiger partial charge in [0.15, 0.2) is 6.17 Å². The number of nitrogens with zero attached hydrogens (tertiary/aromatic N) is 1. The Labute approximate surface area is 136 Å². The Balaban J connectivity index is 1.99. The van der Waals surface area contributed by atoms with Gasteiger partial charge in [-0.1, -0.05) is 30.3 Å². The molecule has 1 saturated heterocycles. The molecule has 0 unspecified atom stereocenters. The van der Waals surface area contributed by atoms with E-state index in [0.29, 0.717) is 13.1 Å². The molecule has 128 valence electrons. The zero-order chi connectivity index (χ0) is 16.8. The maximum Gasteiger partial charge on any atom is 0.240 e. The van der Waals surface area contributed by atoms with Crippen LogP contribution in [0.5, 0.6) is 0 Å². The molecule has 23 heavy (non-hydrogen) atoms. The SMILES string of the molecule is CCNC(=O)[C@@H]1[C@@H](F)[C@@H](O)[C@H](O)CN1CCCc1ccccc1. The third kappa shape index (κ3) is 4.50. The maximum absolute atomic E-state index is 14.4. The third-order valence-electron chi connectivity index (χ3n) is 4.21. The van der Waals surface area contributed by atoms with Crippen molar-refractivity contribution in [3.8, 4) is 0 Å². The number of nitrogens with one attached hydrogen (secondary N) is 1. The van der Waals surface area contributed by atoms with Gasteiger partial charge in [-0.05, 0) is 31.9 Å².